The lowest BCUT2D eigenvalue weighted by Gasteiger charge is -2.23. The molecule has 2 aromatic rings. The van der Waals surface area contributed by atoms with Crippen LogP contribution in [0.25, 0.3) is 0 Å². The number of para-hydroxylation sites is 1. The highest BCUT2D eigenvalue weighted by Crippen LogP contribution is 2.23. The van der Waals surface area contributed by atoms with Gasteiger partial charge in [0.15, 0.2) is 0 Å². The number of nitrogens with zero attached hydrogens (tertiary/aromatic N) is 2. The van der Waals surface area contributed by atoms with E-state index in [2.05, 4.69) is 5.16 Å². The van der Waals surface area contributed by atoms with Crippen LogP contribution in [0.2, 0.25) is 0 Å². The molecule has 1 saturated heterocycles. The van der Waals surface area contributed by atoms with Crippen LogP contribution in [-0.2, 0) is 11.2 Å². The Morgan fingerprint density at radius 3 is 2.91 bits per heavy atom. The first-order valence-electron chi connectivity index (χ1n) is 7.64. The predicted molar refractivity (Wildman–Crippen MR) is 83.0 cm³/mol. The Bertz CT molecular complexity index is 670. The van der Waals surface area contributed by atoms with Crippen molar-refractivity contribution < 1.29 is 19.2 Å². The van der Waals surface area contributed by atoms with Gasteiger partial charge in [-0.25, -0.2) is 0 Å². The Labute approximate surface area is 134 Å². The first-order valence-corrected chi connectivity index (χ1v) is 7.64. The zero-order chi connectivity index (χ0) is 16.3. The lowest BCUT2D eigenvalue weighted by molar-refractivity contribution is -0.131. The molecule has 6 heteroatoms. The minimum absolute atomic E-state index is 0.0724. The number of hydrogen-bond donors (Lipinski definition) is 1. The molecule has 122 valence electrons. The summed E-state index contributed by atoms with van der Waals surface area (Å²) >= 11 is 0. The third-order valence-electron chi connectivity index (χ3n) is 3.94. The molecule has 1 fully saturated rings. The summed E-state index contributed by atoms with van der Waals surface area (Å²) in [6.07, 6.45) is 0.664. The summed E-state index contributed by atoms with van der Waals surface area (Å²) in [5.41, 5.74) is -0.259. The third kappa shape index (κ3) is 3.90. The quantitative estimate of drug-likeness (QED) is 0.906. The molecule has 1 amide bonds. The summed E-state index contributed by atoms with van der Waals surface area (Å²) in [5, 5.41) is 14.4. The van der Waals surface area contributed by atoms with Crippen LogP contribution in [0, 0.1) is 6.92 Å². The first-order chi connectivity index (χ1) is 11.0. The van der Waals surface area contributed by atoms with Gasteiger partial charge in [0.05, 0.1) is 18.7 Å². The van der Waals surface area contributed by atoms with Crippen LogP contribution in [0.15, 0.2) is 40.9 Å². The molecule has 2 heterocycles. The van der Waals surface area contributed by atoms with Crippen LogP contribution < -0.4 is 4.74 Å². The summed E-state index contributed by atoms with van der Waals surface area (Å²) in [4.78, 5) is 13.9. The van der Waals surface area contributed by atoms with E-state index >= 15 is 0 Å². The van der Waals surface area contributed by atoms with E-state index in [4.69, 9.17) is 9.26 Å². The number of carbonyl (C=O) groups is 1. The number of benzene rings is 1. The zero-order valence-electron chi connectivity index (χ0n) is 13.1. The van der Waals surface area contributed by atoms with Gasteiger partial charge in [0.2, 0.25) is 5.91 Å². The van der Waals surface area contributed by atoms with E-state index in [1.807, 2.05) is 37.3 Å². The molecule has 0 aliphatic carbocycles. The van der Waals surface area contributed by atoms with Crippen molar-refractivity contribution in [3.63, 3.8) is 0 Å². The molecule has 0 bridgehead atoms. The SMILES string of the molecule is Cc1cc(CC(=O)N2CC[C@@](O)(COc3ccccc3)C2)on1. The van der Waals surface area contributed by atoms with Crippen LogP contribution in [0.4, 0.5) is 0 Å². The summed E-state index contributed by atoms with van der Waals surface area (Å²) in [6, 6.07) is 11.1. The standard InChI is InChI=1S/C17H20N2O4/c1-13-9-15(23-18-13)10-16(20)19-8-7-17(21,11-19)12-22-14-5-3-2-4-6-14/h2-6,9,21H,7-8,10-12H2,1H3/t17-/m0/s1. The average molecular weight is 316 g/mol. The number of β-amino-alcohol motifs (C(OH)–C–C–N with tert-alkyl or cyclic N) is 1. The topological polar surface area (TPSA) is 75.8 Å². The van der Waals surface area contributed by atoms with Crippen LogP contribution >= 0.6 is 0 Å². The van der Waals surface area contributed by atoms with E-state index in [1.54, 1.807) is 11.0 Å². The summed E-state index contributed by atoms with van der Waals surface area (Å²) in [5.74, 6) is 1.18. The highest BCUT2D eigenvalue weighted by Gasteiger charge is 2.39. The van der Waals surface area contributed by atoms with Gasteiger partial charge in [0.25, 0.3) is 0 Å². The van der Waals surface area contributed by atoms with E-state index in [0.717, 1.165) is 5.69 Å². The molecular formula is C17H20N2O4. The molecule has 1 aromatic carbocycles. The Morgan fingerprint density at radius 1 is 1.43 bits per heavy atom. The fraction of sp³-hybridized carbons (Fsp3) is 0.412. The minimum atomic E-state index is -1.01. The number of aliphatic hydroxyl groups is 1. The maximum Gasteiger partial charge on any atom is 0.230 e. The molecule has 0 unspecified atom stereocenters. The number of rotatable bonds is 5. The number of aryl methyl sites for hydroxylation is 1. The molecule has 1 atom stereocenters. The van der Waals surface area contributed by atoms with Crippen molar-refractivity contribution in [1.29, 1.82) is 0 Å². The monoisotopic (exact) mass is 316 g/mol. The van der Waals surface area contributed by atoms with Crippen molar-refractivity contribution in [1.82, 2.24) is 10.1 Å². The second-order valence-corrected chi connectivity index (χ2v) is 6.00. The summed E-state index contributed by atoms with van der Waals surface area (Å²) in [6.45, 7) is 2.77. The van der Waals surface area contributed by atoms with E-state index < -0.39 is 5.60 Å². The molecule has 1 aromatic heterocycles. The van der Waals surface area contributed by atoms with E-state index in [1.165, 1.54) is 0 Å². The van der Waals surface area contributed by atoms with Gasteiger partial charge in [-0.2, -0.15) is 0 Å². The van der Waals surface area contributed by atoms with Crippen LogP contribution in [0.1, 0.15) is 17.9 Å². The number of likely N-dealkylation sites (tertiary alicyclic amines) is 1. The maximum atomic E-state index is 12.3. The highest BCUT2D eigenvalue weighted by atomic mass is 16.5. The van der Waals surface area contributed by atoms with Gasteiger partial charge >= 0.3 is 0 Å². The van der Waals surface area contributed by atoms with Crippen LogP contribution in [-0.4, -0.2) is 46.4 Å². The first kappa shape index (κ1) is 15.6. The van der Waals surface area contributed by atoms with Gasteiger partial charge in [0.1, 0.15) is 23.7 Å². The molecule has 1 aliphatic heterocycles. The maximum absolute atomic E-state index is 12.3. The fourth-order valence-electron chi connectivity index (χ4n) is 2.68. The average Bonchev–Trinajstić information content (AvgIpc) is 3.13. The van der Waals surface area contributed by atoms with Crippen LogP contribution in [0.3, 0.4) is 0 Å². The van der Waals surface area contributed by atoms with Crippen LogP contribution in [0.5, 0.6) is 5.75 Å². The molecule has 1 aliphatic rings. The second-order valence-electron chi connectivity index (χ2n) is 6.00. The lowest BCUT2D eigenvalue weighted by atomic mass is 10.1. The second kappa shape index (κ2) is 6.42. The van der Waals surface area contributed by atoms with Crippen molar-refractivity contribution in [2.75, 3.05) is 19.7 Å². The van der Waals surface area contributed by atoms with Crippen molar-refractivity contribution in [2.45, 2.75) is 25.4 Å². The Kier molecular flexibility index (Phi) is 4.34. The molecule has 0 radical (unpaired) electrons. The molecule has 0 saturated carbocycles. The zero-order valence-corrected chi connectivity index (χ0v) is 13.1. The molecular weight excluding hydrogens is 296 g/mol. The van der Waals surface area contributed by atoms with Crippen molar-refractivity contribution in [2.24, 2.45) is 0 Å². The molecule has 1 N–H and O–H groups in total. The Balaban J connectivity index is 1.53. The largest absolute Gasteiger partial charge is 0.491 e. The van der Waals surface area contributed by atoms with E-state index in [0.29, 0.717) is 24.5 Å². The molecule has 0 spiro atoms. The van der Waals surface area contributed by atoms with Crippen molar-refractivity contribution >= 4 is 5.91 Å². The Hall–Kier alpha value is -2.34. The van der Waals surface area contributed by atoms with Gasteiger partial charge in [-0.1, -0.05) is 23.4 Å². The highest BCUT2D eigenvalue weighted by molar-refractivity contribution is 5.78. The van der Waals surface area contributed by atoms with Gasteiger partial charge in [-0.05, 0) is 25.5 Å². The number of amides is 1. The van der Waals surface area contributed by atoms with E-state index in [9.17, 15) is 9.90 Å². The molecule has 6 nitrogen and oxygen atoms in total. The van der Waals surface area contributed by atoms with Gasteiger partial charge in [-0.15, -0.1) is 0 Å². The number of ether oxygens (including phenoxy) is 1. The smallest absolute Gasteiger partial charge is 0.230 e. The van der Waals surface area contributed by atoms with E-state index in [-0.39, 0.29) is 25.5 Å². The number of carbonyl (C=O) groups excluding carboxylic acids is 1. The summed E-state index contributed by atoms with van der Waals surface area (Å²) < 4.78 is 10.7. The lowest BCUT2D eigenvalue weighted by Crippen LogP contribution is -2.41. The number of aromatic nitrogens is 1. The summed E-state index contributed by atoms with van der Waals surface area (Å²) in [7, 11) is 0. The molecule has 3 rings (SSSR count). The predicted octanol–water partition coefficient (Wildman–Crippen LogP) is 1.57. The fourth-order valence-corrected chi connectivity index (χ4v) is 2.68. The van der Waals surface area contributed by atoms with Gasteiger partial charge in [-0.3, -0.25) is 4.79 Å². The van der Waals surface area contributed by atoms with Crippen molar-refractivity contribution in [3.05, 3.63) is 47.9 Å². The van der Waals surface area contributed by atoms with Crippen molar-refractivity contribution in [3.8, 4) is 5.75 Å². The third-order valence-corrected chi connectivity index (χ3v) is 3.94. The molecule has 23 heavy (non-hydrogen) atoms. The van der Waals surface area contributed by atoms with Gasteiger partial charge < -0.3 is 19.3 Å². The normalized spacial score (nSPS) is 20.7. The minimum Gasteiger partial charge on any atom is -0.491 e. The number of hydrogen-bond acceptors (Lipinski definition) is 5. The Morgan fingerprint density at radius 2 is 2.22 bits per heavy atom. The van der Waals surface area contributed by atoms with Gasteiger partial charge in [0, 0.05) is 12.6 Å².